The second-order valence-corrected chi connectivity index (χ2v) is 12.7. The van der Waals surface area contributed by atoms with E-state index in [1.165, 1.54) is 0 Å². The van der Waals surface area contributed by atoms with Gasteiger partial charge in [-0.05, 0) is 107 Å². The zero-order valence-corrected chi connectivity index (χ0v) is 31.3. The van der Waals surface area contributed by atoms with Gasteiger partial charge in [0.1, 0.15) is 5.75 Å². The topological polar surface area (TPSA) is 96.5 Å². The van der Waals surface area contributed by atoms with E-state index in [-0.39, 0.29) is 17.6 Å². The SMILES string of the molecule is CCC=CCC=CCC=CCC=CCC=CCC=CCCC(=O)NCCNCCNC(=O)C(C)(C)Oc1ccc(C(=O)c2ccc(Cl)cc2)cc1. The van der Waals surface area contributed by atoms with Gasteiger partial charge < -0.3 is 20.7 Å². The maximum Gasteiger partial charge on any atom is 0.263 e. The van der Waals surface area contributed by atoms with Gasteiger partial charge in [0.2, 0.25) is 5.91 Å². The van der Waals surface area contributed by atoms with E-state index in [0.29, 0.717) is 60.9 Å². The second kappa shape index (κ2) is 26.4. The average Bonchev–Trinajstić information content (AvgIpc) is 3.12. The second-order valence-electron chi connectivity index (χ2n) is 12.3. The number of halogens is 1. The van der Waals surface area contributed by atoms with Crippen LogP contribution in [0.4, 0.5) is 0 Å². The molecule has 8 heteroatoms. The number of allylic oxidation sites excluding steroid dienone is 12. The van der Waals surface area contributed by atoms with E-state index in [0.717, 1.165) is 38.5 Å². The molecule has 0 saturated carbocycles. The van der Waals surface area contributed by atoms with Crippen LogP contribution >= 0.6 is 11.6 Å². The Kier molecular flexibility index (Phi) is 22.1. The van der Waals surface area contributed by atoms with Crippen molar-refractivity contribution in [3.63, 3.8) is 0 Å². The molecule has 274 valence electrons. The molecule has 0 aliphatic rings. The lowest BCUT2D eigenvalue weighted by Crippen LogP contribution is -2.48. The van der Waals surface area contributed by atoms with E-state index >= 15 is 0 Å². The van der Waals surface area contributed by atoms with E-state index in [2.05, 4.69) is 89.7 Å². The van der Waals surface area contributed by atoms with Crippen molar-refractivity contribution in [1.29, 1.82) is 0 Å². The van der Waals surface area contributed by atoms with Crippen LogP contribution in [0.1, 0.15) is 88.1 Å². The van der Waals surface area contributed by atoms with E-state index in [1.807, 2.05) is 6.08 Å². The zero-order chi connectivity index (χ0) is 37.0. The predicted molar refractivity (Wildman–Crippen MR) is 212 cm³/mol. The molecular weight excluding hydrogens is 658 g/mol. The molecule has 0 aliphatic heterocycles. The van der Waals surface area contributed by atoms with Gasteiger partial charge in [-0.15, -0.1) is 0 Å². The molecule has 2 aromatic carbocycles. The zero-order valence-electron chi connectivity index (χ0n) is 30.5. The monoisotopic (exact) mass is 713 g/mol. The summed E-state index contributed by atoms with van der Waals surface area (Å²) in [5.41, 5.74) is -0.0569. The first kappa shape index (κ1) is 42.7. The lowest BCUT2D eigenvalue weighted by atomic mass is 10.0. The van der Waals surface area contributed by atoms with Crippen LogP contribution < -0.4 is 20.7 Å². The summed E-state index contributed by atoms with van der Waals surface area (Å²) in [5.74, 6) is 0.125. The van der Waals surface area contributed by atoms with Crippen LogP contribution in [0, 0.1) is 0 Å². The summed E-state index contributed by atoms with van der Waals surface area (Å²) in [6.45, 7) is 7.61. The number of carbonyl (C=O) groups excluding carboxylic acids is 3. The molecule has 0 radical (unpaired) electrons. The van der Waals surface area contributed by atoms with Crippen molar-refractivity contribution in [3.05, 3.63) is 138 Å². The van der Waals surface area contributed by atoms with E-state index in [1.54, 1.807) is 62.4 Å². The highest BCUT2D eigenvalue weighted by Gasteiger charge is 2.29. The van der Waals surface area contributed by atoms with Gasteiger partial charge in [0, 0.05) is 48.7 Å². The number of hydrogen-bond donors (Lipinski definition) is 3. The molecule has 0 atom stereocenters. The van der Waals surface area contributed by atoms with Crippen LogP contribution in [0.3, 0.4) is 0 Å². The van der Waals surface area contributed by atoms with Gasteiger partial charge >= 0.3 is 0 Å². The molecule has 0 heterocycles. The normalized spacial score (nSPS) is 12.3. The first-order chi connectivity index (χ1) is 24.7. The minimum absolute atomic E-state index is 0.0194. The summed E-state index contributed by atoms with van der Waals surface area (Å²) >= 11 is 5.91. The third-order valence-electron chi connectivity index (χ3n) is 7.49. The van der Waals surface area contributed by atoms with Crippen molar-refractivity contribution in [2.45, 2.75) is 77.7 Å². The number of carbonyl (C=O) groups is 3. The summed E-state index contributed by atoms with van der Waals surface area (Å²) in [5, 5.41) is 9.57. The highest BCUT2D eigenvalue weighted by Crippen LogP contribution is 2.21. The van der Waals surface area contributed by atoms with Gasteiger partial charge in [-0.25, -0.2) is 0 Å². The van der Waals surface area contributed by atoms with Crippen molar-refractivity contribution >= 4 is 29.2 Å². The Labute approximate surface area is 310 Å². The fraction of sp³-hybridized carbons (Fsp3) is 0.372. The highest BCUT2D eigenvalue weighted by molar-refractivity contribution is 6.30. The Morgan fingerprint density at radius 3 is 1.59 bits per heavy atom. The van der Waals surface area contributed by atoms with Crippen LogP contribution in [-0.4, -0.2) is 49.4 Å². The largest absolute Gasteiger partial charge is 0.478 e. The fourth-order valence-corrected chi connectivity index (χ4v) is 4.74. The van der Waals surface area contributed by atoms with Gasteiger partial charge in [0.05, 0.1) is 0 Å². The molecule has 0 unspecified atom stereocenters. The Balaban J connectivity index is 1.47. The summed E-state index contributed by atoms with van der Waals surface area (Å²) in [4.78, 5) is 37.5. The molecule has 0 spiro atoms. The van der Waals surface area contributed by atoms with Crippen LogP contribution in [0.25, 0.3) is 0 Å². The summed E-state index contributed by atoms with van der Waals surface area (Å²) in [6, 6.07) is 13.4. The Bertz CT molecular complexity index is 1490. The molecule has 51 heavy (non-hydrogen) atoms. The Morgan fingerprint density at radius 1 is 0.627 bits per heavy atom. The van der Waals surface area contributed by atoms with Crippen LogP contribution in [0.5, 0.6) is 5.75 Å². The minimum atomic E-state index is -1.11. The number of ketones is 1. The van der Waals surface area contributed by atoms with Crippen molar-refractivity contribution in [2.24, 2.45) is 0 Å². The number of benzene rings is 2. The quantitative estimate of drug-likeness (QED) is 0.0542. The first-order valence-electron chi connectivity index (χ1n) is 18.0. The van der Waals surface area contributed by atoms with Crippen molar-refractivity contribution in [3.8, 4) is 5.75 Å². The van der Waals surface area contributed by atoms with E-state index < -0.39 is 5.60 Å². The highest BCUT2D eigenvalue weighted by atomic mass is 35.5. The summed E-state index contributed by atoms with van der Waals surface area (Å²) in [6.07, 6.45) is 33.0. The van der Waals surface area contributed by atoms with Gasteiger partial charge in [-0.2, -0.15) is 0 Å². The smallest absolute Gasteiger partial charge is 0.263 e. The number of amides is 2. The first-order valence-corrected chi connectivity index (χ1v) is 18.4. The number of nitrogens with one attached hydrogen (secondary N) is 3. The molecule has 2 aromatic rings. The van der Waals surface area contributed by atoms with E-state index in [4.69, 9.17) is 16.3 Å². The third-order valence-corrected chi connectivity index (χ3v) is 7.74. The molecule has 2 rings (SSSR count). The molecule has 7 nitrogen and oxygen atoms in total. The van der Waals surface area contributed by atoms with Crippen LogP contribution in [0.15, 0.2) is 121 Å². The standard InChI is InChI=1S/C43H56ClN3O4/c1-4-5-6-7-8-9-10-11-12-13-14-15-16-17-18-19-20-21-22-23-40(48)46-34-32-45-33-35-47-42(50)43(2,3)51-39-30-26-37(27-31-39)41(49)36-24-28-38(44)29-25-36/h5-6,8-9,11-12,14-15,17-18,20-21,24-31,45H,4,7,10,13,16,19,22-23,32-35H2,1-3H3,(H,46,48)(H,47,50). The van der Waals surface area contributed by atoms with Crippen molar-refractivity contribution < 1.29 is 19.1 Å². The number of rotatable bonds is 25. The van der Waals surface area contributed by atoms with Gasteiger partial charge in [0.15, 0.2) is 11.4 Å². The predicted octanol–water partition coefficient (Wildman–Crippen LogP) is 9.03. The maximum atomic E-state index is 12.7. The van der Waals surface area contributed by atoms with Crippen molar-refractivity contribution in [2.75, 3.05) is 26.2 Å². The van der Waals surface area contributed by atoms with Gasteiger partial charge in [-0.1, -0.05) is 91.4 Å². The summed E-state index contributed by atoms with van der Waals surface area (Å²) in [7, 11) is 0. The van der Waals surface area contributed by atoms with Crippen LogP contribution in [0.2, 0.25) is 5.02 Å². The van der Waals surface area contributed by atoms with E-state index in [9.17, 15) is 14.4 Å². The average molecular weight is 714 g/mol. The molecular formula is C43H56ClN3O4. The fourth-order valence-electron chi connectivity index (χ4n) is 4.62. The summed E-state index contributed by atoms with van der Waals surface area (Å²) < 4.78 is 5.92. The number of ether oxygens (including phenoxy) is 1. The maximum absolute atomic E-state index is 12.7. The van der Waals surface area contributed by atoms with Crippen LogP contribution in [-0.2, 0) is 9.59 Å². The Morgan fingerprint density at radius 2 is 1.08 bits per heavy atom. The molecule has 0 aromatic heterocycles. The van der Waals surface area contributed by atoms with Gasteiger partial charge in [0.25, 0.3) is 5.91 Å². The molecule has 0 fully saturated rings. The minimum Gasteiger partial charge on any atom is -0.478 e. The molecule has 0 bridgehead atoms. The molecule has 0 aliphatic carbocycles. The lowest BCUT2D eigenvalue weighted by molar-refractivity contribution is -0.134. The number of hydrogen-bond acceptors (Lipinski definition) is 5. The molecule has 0 saturated heterocycles. The third kappa shape index (κ3) is 20.1. The Hall–Kier alpha value is -4.46. The van der Waals surface area contributed by atoms with Gasteiger partial charge in [-0.3, -0.25) is 14.4 Å². The lowest BCUT2D eigenvalue weighted by Gasteiger charge is -2.25. The molecule has 2 amide bonds. The molecule has 3 N–H and O–H groups in total. The van der Waals surface area contributed by atoms with Crippen molar-refractivity contribution in [1.82, 2.24) is 16.0 Å².